The Labute approximate surface area is 103 Å². The van der Waals surface area contributed by atoms with Gasteiger partial charge in [0.25, 0.3) is 0 Å². The molecule has 1 aromatic carbocycles. The van der Waals surface area contributed by atoms with E-state index in [0.29, 0.717) is 23.1 Å². The highest BCUT2D eigenvalue weighted by atomic mass is 79.9. The van der Waals surface area contributed by atoms with Crippen molar-refractivity contribution < 1.29 is 9.53 Å². The first kappa shape index (κ1) is 12.7. The van der Waals surface area contributed by atoms with E-state index < -0.39 is 0 Å². The quantitative estimate of drug-likeness (QED) is 0.632. The number of aryl methyl sites for hydroxylation is 1. The van der Waals surface area contributed by atoms with Gasteiger partial charge in [-0.3, -0.25) is 0 Å². The molecule has 0 radical (unpaired) electrons. The van der Waals surface area contributed by atoms with E-state index in [9.17, 15) is 4.79 Å². The predicted octanol–water partition coefficient (Wildman–Crippen LogP) is 2.94. The molecule has 0 spiro atoms. The van der Waals surface area contributed by atoms with Crippen molar-refractivity contribution in [2.75, 3.05) is 6.61 Å². The minimum atomic E-state index is -0.381. The lowest BCUT2D eigenvalue weighted by Crippen LogP contribution is -2.08. The van der Waals surface area contributed by atoms with E-state index in [1.54, 1.807) is 13.0 Å². The highest BCUT2D eigenvalue weighted by molar-refractivity contribution is 9.08. The number of hydrogen-bond acceptors (Lipinski definition) is 3. The molecule has 0 fully saturated rings. The van der Waals surface area contributed by atoms with E-state index in [0.717, 1.165) is 11.1 Å². The van der Waals surface area contributed by atoms with Crippen LogP contribution in [0.3, 0.4) is 0 Å². The number of hydrogen-bond donors (Lipinski definition) is 0. The fraction of sp³-hybridized carbons (Fsp3) is 0.333. The molecule has 0 aliphatic carbocycles. The predicted molar refractivity (Wildman–Crippen MR) is 64.5 cm³/mol. The largest absolute Gasteiger partial charge is 0.462 e. The summed E-state index contributed by atoms with van der Waals surface area (Å²) < 4.78 is 4.94. The molecule has 0 bridgehead atoms. The molecule has 0 aromatic heterocycles. The number of nitrogens with zero attached hydrogens (tertiary/aromatic N) is 1. The van der Waals surface area contributed by atoms with Crippen LogP contribution >= 0.6 is 15.9 Å². The van der Waals surface area contributed by atoms with Crippen LogP contribution in [0.2, 0.25) is 0 Å². The molecule has 0 amide bonds. The van der Waals surface area contributed by atoms with E-state index in [1.807, 2.05) is 13.0 Å². The summed E-state index contributed by atoms with van der Waals surface area (Å²) in [5.74, 6) is -0.381. The molecule has 1 aromatic rings. The summed E-state index contributed by atoms with van der Waals surface area (Å²) in [6, 6.07) is 5.48. The number of esters is 1. The van der Waals surface area contributed by atoms with Crippen LogP contribution in [0.15, 0.2) is 12.1 Å². The third kappa shape index (κ3) is 2.61. The monoisotopic (exact) mass is 281 g/mol. The molecule has 0 heterocycles. The van der Waals surface area contributed by atoms with Crippen molar-refractivity contribution >= 4 is 21.9 Å². The number of halogens is 1. The standard InChI is InChI=1S/C12H12BrNO2/c1-3-16-12(15)11-5-10(7-14)8(2)4-9(11)6-13/h4-5H,3,6H2,1-2H3. The van der Waals surface area contributed by atoms with E-state index >= 15 is 0 Å². The second-order valence-corrected chi connectivity index (χ2v) is 3.85. The Morgan fingerprint density at radius 2 is 2.25 bits per heavy atom. The van der Waals surface area contributed by atoms with Crippen LogP contribution in [-0.2, 0) is 10.1 Å². The number of ether oxygens (including phenoxy) is 1. The van der Waals surface area contributed by atoms with Crippen LogP contribution in [0.1, 0.15) is 34.0 Å². The van der Waals surface area contributed by atoms with Gasteiger partial charge in [0.15, 0.2) is 0 Å². The Hall–Kier alpha value is -1.34. The maximum atomic E-state index is 11.7. The van der Waals surface area contributed by atoms with E-state index in [1.165, 1.54) is 0 Å². The third-order valence-corrected chi connectivity index (χ3v) is 2.81. The average molecular weight is 282 g/mol. The molecule has 84 valence electrons. The second kappa shape index (κ2) is 5.66. The third-order valence-electron chi connectivity index (χ3n) is 2.21. The number of nitriles is 1. The van der Waals surface area contributed by atoms with Crippen LogP contribution in [0.4, 0.5) is 0 Å². The summed E-state index contributed by atoms with van der Waals surface area (Å²) in [5.41, 5.74) is 2.67. The van der Waals surface area contributed by atoms with Gasteiger partial charge in [0.05, 0.1) is 23.8 Å². The van der Waals surface area contributed by atoms with E-state index in [4.69, 9.17) is 10.00 Å². The average Bonchev–Trinajstić information content (AvgIpc) is 2.28. The van der Waals surface area contributed by atoms with Gasteiger partial charge in [-0.1, -0.05) is 22.0 Å². The van der Waals surface area contributed by atoms with Crippen molar-refractivity contribution in [2.45, 2.75) is 19.2 Å². The van der Waals surface area contributed by atoms with Gasteiger partial charge in [-0.15, -0.1) is 0 Å². The number of carbonyl (C=O) groups excluding carboxylic acids is 1. The molecule has 3 nitrogen and oxygen atoms in total. The van der Waals surface area contributed by atoms with Crippen molar-refractivity contribution in [3.63, 3.8) is 0 Å². The van der Waals surface area contributed by atoms with Gasteiger partial charge >= 0.3 is 5.97 Å². The maximum absolute atomic E-state index is 11.7. The van der Waals surface area contributed by atoms with Crippen molar-refractivity contribution in [1.82, 2.24) is 0 Å². The molecule has 0 N–H and O–H groups in total. The zero-order chi connectivity index (χ0) is 12.1. The van der Waals surface area contributed by atoms with E-state index in [2.05, 4.69) is 22.0 Å². The normalized spacial score (nSPS) is 9.62. The molecule has 0 aliphatic heterocycles. The summed E-state index contributed by atoms with van der Waals surface area (Å²) >= 11 is 3.32. The van der Waals surface area contributed by atoms with Gasteiger partial charge in [-0.05, 0) is 31.0 Å². The molecule has 4 heteroatoms. The maximum Gasteiger partial charge on any atom is 0.338 e. The zero-order valence-corrected chi connectivity index (χ0v) is 10.8. The number of alkyl halides is 1. The number of carbonyl (C=O) groups is 1. The Bertz CT molecular complexity index is 449. The Kier molecular flexibility index (Phi) is 4.51. The lowest BCUT2D eigenvalue weighted by Gasteiger charge is -2.08. The minimum absolute atomic E-state index is 0.330. The molecule has 0 saturated carbocycles. The van der Waals surface area contributed by atoms with Gasteiger partial charge in [0, 0.05) is 5.33 Å². The van der Waals surface area contributed by atoms with E-state index in [-0.39, 0.29) is 5.97 Å². The minimum Gasteiger partial charge on any atom is -0.462 e. The van der Waals surface area contributed by atoms with Crippen molar-refractivity contribution in [1.29, 1.82) is 5.26 Å². The second-order valence-electron chi connectivity index (χ2n) is 3.29. The van der Waals surface area contributed by atoms with Crippen molar-refractivity contribution in [3.8, 4) is 6.07 Å². The highest BCUT2D eigenvalue weighted by Crippen LogP contribution is 2.19. The Morgan fingerprint density at radius 3 is 2.75 bits per heavy atom. The molecule has 0 saturated heterocycles. The first-order valence-corrected chi connectivity index (χ1v) is 6.02. The van der Waals surface area contributed by atoms with Gasteiger partial charge in [0.1, 0.15) is 0 Å². The smallest absolute Gasteiger partial charge is 0.338 e. The number of rotatable bonds is 3. The molecule has 1 rings (SSSR count). The summed E-state index contributed by atoms with van der Waals surface area (Å²) in [6.45, 7) is 3.93. The van der Waals surface area contributed by atoms with Crippen LogP contribution in [0, 0.1) is 18.3 Å². The van der Waals surface area contributed by atoms with Crippen molar-refractivity contribution in [2.24, 2.45) is 0 Å². The fourth-order valence-corrected chi connectivity index (χ4v) is 1.86. The van der Waals surface area contributed by atoms with Gasteiger partial charge in [0.2, 0.25) is 0 Å². The molecule has 0 atom stereocenters. The lowest BCUT2D eigenvalue weighted by molar-refractivity contribution is 0.0525. The zero-order valence-electron chi connectivity index (χ0n) is 9.21. The summed E-state index contributed by atoms with van der Waals surface area (Å²) in [4.78, 5) is 11.7. The highest BCUT2D eigenvalue weighted by Gasteiger charge is 2.14. The van der Waals surface area contributed by atoms with Gasteiger partial charge in [-0.25, -0.2) is 4.79 Å². The van der Waals surface area contributed by atoms with Gasteiger partial charge in [-0.2, -0.15) is 5.26 Å². The first-order valence-electron chi connectivity index (χ1n) is 4.90. The van der Waals surface area contributed by atoms with Crippen LogP contribution in [0.5, 0.6) is 0 Å². The lowest BCUT2D eigenvalue weighted by atomic mass is 10.0. The molecular weight excluding hydrogens is 270 g/mol. The van der Waals surface area contributed by atoms with Crippen LogP contribution < -0.4 is 0 Å². The first-order chi connectivity index (χ1) is 7.63. The topological polar surface area (TPSA) is 50.1 Å². The molecule has 16 heavy (non-hydrogen) atoms. The summed E-state index contributed by atoms with van der Waals surface area (Å²) in [5, 5.41) is 9.47. The summed E-state index contributed by atoms with van der Waals surface area (Å²) in [7, 11) is 0. The number of benzene rings is 1. The molecule has 0 aliphatic rings. The molecule has 0 unspecified atom stereocenters. The molecular formula is C12H12BrNO2. The van der Waals surface area contributed by atoms with Gasteiger partial charge < -0.3 is 4.74 Å². The summed E-state index contributed by atoms with van der Waals surface area (Å²) in [6.07, 6.45) is 0. The SMILES string of the molecule is CCOC(=O)c1cc(C#N)c(C)cc1CBr. The Balaban J connectivity index is 3.26. The van der Waals surface area contributed by atoms with Crippen molar-refractivity contribution in [3.05, 3.63) is 34.4 Å². The Morgan fingerprint density at radius 1 is 1.56 bits per heavy atom. The van der Waals surface area contributed by atoms with Crippen LogP contribution in [0.25, 0.3) is 0 Å². The van der Waals surface area contributed by atoms with Crippen LogP contribution in [-0.4, -0.2) is 12.6 Å². The fourth-order valence-electron chi connectivity index (χ4n) is 1.40.